The second-order valence-electron chi connectivity index (χ2n) is 8.77. The molecular formula is C25H32FN7O6. The number of benzene rings is 1. The molecule has 1 amide bonds. The Kier molecular flexibility index (Phi) is 10.3. The summed E-state index contributed by atoms with van der Waals surface area (Å²) < 4.78 is 36.4. The van der Waals surface area contributed by atoms with Crippen LogP contribution >= 0.6 is 0 Å². The number of carbonyl (C=O) groups is 1. The number of hydrogen-bond acceptors (Lipinski definition) is 10. The number of carbonyl (C=O) groups excluding carboxylic acids is 1. The lowest BCUT2D eigenvalue weighted by molar-refractivity contribution is -0.169. The summed E-state index contributed by atoms with van der Waals surface area (Å²) in [7, 11) is 0. The average molecular weight is 546 g/mol. The van der Waals surface area contributed by atoms with Gasteiger partial charge < -0.3 is 40.2 Å². The van der Waals surface area contributed by atoms with Crippen molar-refractivity contribution in [3.8, 4) is 11.1 Å². The van der Waals surface area contributed by atoms with Gasteiger partial charge in [0.15, 0.2) is 12.2 Å². The second-order valence-corrected chi connectivity index (χ2v) is 8.77. The largest absolute Gasteiger partial charge is 0.443 e. The molecule has 0 radical (unpaired) electrons. The molecule has 0 spiro atoms. The van der Waals surface area contributed by atoms with Crippen LogP contribution in [-0.2, 0) is 30.4 Å². The third-order valence-corrected chi connectivity index (χ3v) is 5.81. The van der Waals surface area contributed by atoms with Crippen LogP contribution in [0, 0.1) is 5.82 Å². The summed E-state index contributed by atoms with van der Waals surface area (Å²) in [6.07, 6.45) is 5.11. The fourth-order valence-electron chi connectivity index (χ4n) is 3.82. The van der Waals surface area contributed by atoms with E-state index in [0.717, 1.165) is 31.6 Å². The first-order valence-electron chi connectivity index (χ1n) is 12.6. The smallest absolute Gasteiger partial charge is 0.437 e. The van der Waals surface area contributed by atoms with Gasteiger partial charge in [-0.15, -0.1) is 4.99 Å². The average Bonchev–Trinajstić information content (AvgIpc) is 2.91. The molecule has 1 aromatic carbocycles. The Morgan fingerprint density at radius 3 is 2.67 bits per heavy atom. The Morgan fingerprint density at radius 2 is 1.92 bits per heavy atom. The molecule has 1 aromatic heterocycles. The lowest BCUT2D eigenvalue weighted by atomic mass is 10.1. The van der Waals surface area contributed by atoms with Crippen LogP contribution in [0.3, 0.4) is 0 Å². The van der Waals surface area contributed by atoms with Crippen LogP contribution in [0.1, 0.15) is 24.8 Å². The van der Waals surface area contributed by atoms with E-state index in [1.807, 2.05) is 4.90 Å². The maximum Gasteiger partial charge on any atom is 0.437 e. The first-order valence-corrected chi connectivity index (χ1v) is 12.6. The summed E-state index contributed by atoms with van der Waals surface area (Å²) in [5.41, 5.74) is 12.0. The molecule has 4 rings (SSSR count). The van der Waals surface area contributed by atoms with Gasteiger partial charge in [-0.25, -0.2) is 19.2 Å². The van der Waals surface area contributed by atoms with Crippen LogP contribution in [0.2, 0.25) is 0 Å². The van der Waals surface area contributed by atoms with Gasteiger partial charge in [-0.1, -0.05) is 23.4 Å². The third-order valence-electron chi connectivity index (χ3n) is 5.81. The van der Waals surface area contributed by atoms with Gasteiger partial charge in [0, 0.05) is 35.7 Å². The lowest BCUT2D eigenvalue weighted by Gasteiger charge is -2.31. The van der Waals surface area contributed by atoms with Crippen LogP contribution < -0.4 is 16.4 Å². The molecule has 3 heterocycles. The van der Waals surface area contributed by atoms with Crippen molar-refractivity contribution in [1.82, 2.24) is 9.97 Å². The first kappa shape index (κ1) is 28.1. The lowest BCUT2D eigenvalue weighted by Crippen LogP contribution is -2.48. The zero-order valence-electron chi connectivity index (χ0n) is 21.5. The van der Waals surface area contributed by atoms with Gasteiger partial charge in [-0.2, -0.15) is 0 Å². The summed E-state index contributed by atoms with van der Waals surface area (Å²) in [6, 6.07) is 4.72. The number of guanidine groups is 1. The van der Waals surface area contributed by atoms with Crippen molar-refractivity contribution in [2.75, 3.05) is 51.0 Å². The monoisotopic (exact) mass is 545 g/mol. The number of amides is 1. The molecule has 1 atom stereocenters. The number of aliphatic imine (C=N–C) groups is 1. The SMILES string of the molecule is NC(N)=NC(=O)OCc1cccc(-c2cnc(N3CC(=NOCCOCCOC4CCCCO4)C3)nc2)c1F. The van der Waals surface area contributed by atoms with Crippen molar-refractivity contribution in [1.29, 1.82) is 0 Å². The molecule has 13 nitrogen and oxygen atoms in total. The Bertz CT molecular complexity index is 1150. The van der Waals surface area contributed by atoms with E-state index in [1.165, 1.54) is 18.5 Å². The van der Waals surface area contributed by atoms with Crippen molar-refractivity contribution < 1.29 is 33.0 Å². The number of hydrogen-bond donors (Lipinski definition) is 2. The molecular weight excluding hydrogens is 513 g/mol. The number of halogens is 1. The van der Waals surface area contributed by atoms with E-state index in [9.17, 15) is 9.18 Å². The van der Waals surface area contributed by atoms with Gasteiger partial charge in [-0.05, 0) is 19.3 Å². The molecule has 2 saturated heterocycles. The van der Waals surface area contributed by atoms with E-state index in [2.05, 4.69) is 20.1 Å². The molecule has 2 aliphatic rings. The van der Waals surface area contributed by atoms with Gasteiger partial charge in [0.25, 0.3) is 0 Å². The number of ether oxygens (including phenoxy) is 4. The molecule has 39 heavy (non-hydrogen) atoms. The van der Waals surface area contributed by atoms with Crippen LogP contribution in [0.4, 0.5) is 15.1 Å². The molecule has 2 aliphatic heterocycles. The minimum absolute atomic E-state index is 0.110. The number of rotatable bonds is 12. The van der Waals surface area contributed by atoms with E-state index in [1.54, 1.807) is 12.1 Å². The van der Waals surface area contributed by atoms with Crippen molar-refractivity contribution >= 4 is 23.7 Å². The van der Waals surface area contributed by atoms with Gasteiger partial charge in [-0.3, -0.25) is 0 Å². The summed E-state index contributed by atoms with van der Waals surface area (Å²) in [5.74, 6) is -0.505. The minimum atomic E-state index is -1.00. The quantitative estimate of drug-likeness (QED) is 0.173. The van der Waals surface area contributed by atoms with E-state index in [0.29, 0.717) is 51.0 Å². The highest BCUT2D eigenvalue weighted by Gasteiger charge is 2.25. The van der Waals surface area contributed by atoms with Crippen LogP contribution in [0.25, 0.3) is 11.1 Å². The van der Waals surface area contributed by atoms with E-state index in [-0.39, 0.29) is 24.0 Å². The fourth-order valence-corrected chi connectivity index (χ4v) is 3.82. The zero-order valence-corrected chi connectivity index (χ0v) is 21.5. The predicted molar refractivity (Wildman–Crippen MR) is 139 cm³/mol. The highest BCUT2D eigenvalue weighted by molar-refractivity contribution is 5.98. The van der Waals surface area contributed by atoms with Gasteiger partial charge in [0.05, 0.1) is 38.6 Å². The maximum absolute atomic E-state index is 15.0. The zero-order chi connectivity index (χ0) is 27.5. The molecule has 0 bridgehead atoms. The number of nitrogens with two attached hydrogens (primary N) is 2. The van der Waals surface area contributed by atoms with E-state index in [4.69, 9.17) is 35.3 Å². The van der Waals surface area contributed by atoms with E-state index < -0.39 is 17.9 Å². The highest BCUT2D eigenvalue weighted by Crippen LogP contribution is 2.26. The van der Waals surface area contributed by atoms with Gasteiger partial charge in [0.1, 0.15) is 19.0 Å². The standard InChI is InChI=1S/C25H32FN7O6/c26-22-17(16-38-25(34)31-23(27)28)4-3-5-20(22)18-12-29-24(30-13-18)33-14-19(15-33)32-39-11-9-35-8-10-37-21-6-1-2-7-36-21/h3-5,12-13,21H,1-2,6-11,14-16H2,(H4,27,28,31,34). The Morgan fingerprint density at radius 1 is 1.13 bits per heavy atom. The van der Waals surface area contributed by atoms with Crippen LogP contribution in [0.5, 0.6) is 0 Å². The first-order chi connectivity index (χ1) is 19.0. The number of nitrogens with zero attached hydrogens (tertiary/aromatic N) is 5. The molecule has 14 heteroatoms. The minimum Gasteiger partial charge on any atom is -0.443 e. The highest BCUT2D eigenvalue weighted by atomic mass is 19.1. The molecule has 0 aliphatic carbocycles. The number of anilines is 1. The molecule has 2 fully saturated rings. The van der Waals surface area contributed by atoms with Crippen molar-refractivity contribution in [3.63, 3.8) is 0 Å². The van der Waals surface area contributed by atoms with Crippen LogP contribution in [-0.4, -0.2) is 80.1 Å². The topological polar surface area (TPSA) is 169 Å². The van der Waals surface area contributed by atoms with Gasteiger partial charge in [0.2, 0.25) is 5.95 Å². The normalized spacial score (nSPS) is 16.8. The van der Waals surface area contributed by atoms with Crippen molar-refractivity contribution in [2.45, 2.75) is 32.2 Å². The Labute approximate surface area is 224 Å². The summed E-state index contributed by atoms with van der Waals surface area (Å²) in [6.45, 7) is 3.20. The van der Waals surface area contributed by atoms with Gasteiger partial charge >= 0.3 is 6.09 Å². The summed E-state index contributed by atoms with van der Waals surface area (Å²) in [5, 5.41) is 4.11. The molecule has 4 N–H and O–H groups in total. The van der Waals surface area contributed by atoms with E-state index >= 15 is 0 Å². The Balaban J connectivity index is 1.16. The molecule has 2 aromatic rings. The van der Waals surface area contributed by atoms with Crippen LogP contribution in [0.15, 0.2) is 40.7 Å². The number of aromatic nitrogens is 2. The Hall–Kier alpha value is -3.88. The summed E-state index contributed by atoms with van der Waals surface area (Å²) >= 11 is 0. The molecule has 210 valence electrons. The van der Waals surface area contributed by atoms with Crippen molar-refractivity contribution in [2.24, 2.45) is 21.6 Å². The summed E-state index contributed by atoms with van der Waals surface area (Å²) in [4.78, 5) is 30.6. The van der Waals surface area contributed by atoms with Crippen molar-refractivity contribution in [3.05, 3.63) is 42.0 Å². The predicted octanol–water partition coefficient (Wildman–Crippen LogP) is 1.95. The molecule has 1 unspecified atom stereocenters. The third kappa shape index (κ3) is 8.56. The second kappa shape index (κ2) is 14.3. The number of oxime groups is 1. The maximum atomic E-state index is 15.0. The fraction of sp³-hybridized carbons (Fsp3) is 0.480. The molecule has 0 saturated carbocycles.